The number of ether oxygens (including phenoxy) is 2. The number of esters is 1. The van der Waals surface area contributed by atoms with E-state index in [1.54, 1.807) is 30.5 Å². The predicted octanol–water partition coefficient (Wildman–Crippen LogP) is 1.92. The standard InChI is InChI=1S/C24H22N4O6/c1-33-20-10-6-5-9-19(20)28-22(30)16(21(29)27-24(28)32)13-26-18(23(31)34-2)11-14-12-25-17-8-4-3-7-15(14)17/h3-10,12-13,18,25,30H,11H2,1-2H3,(H,27,29,32)/t18-/m1/s1. The normalized spacial score (nSPS) is 12.2. The number of rotatable bonds is 7. The van der Waals surface area contributed by atoms with Gasteiger partial charge in [0.05, 0.1) is 19.9 Å². The number of aromatic hydroxyl groups is 1. The van der Waals surface area contributed by atoms with Gasteiger partial charge in [-0.25, -0.2) is 14.2 Å². The fourth-order valence-electron chi connectivity index (χ4n) is 3.70. The minimum Gasteiger partial charge on any atom is -0.495 e. The van der Waals surface area contributed by atoms with Crippen LogP contribution >= 0.6 is 0 Å². The average molecular weight is 462 g/mol. The average Bonchev–Trinajstić information content (AvgIpc) is 3.25. The van der Waals surface area contributed by atoms with Crippen molar-refractivity contribution < 1.29 is 19.4 Å². The first-order valence-electron chi connectivity index (χ1n) is 10.3. The van der Waals surface area contributed by atoms with Crippen molar-refractivity contribution in [1.82, 2.24) is 14.5 Å². The number of aliphatic imine (C=N–C) groups is 1. The maximum atomic E-state index is 12.5. The number of para-hydroxylation sites is 3. The number of fused-ring (bicyclic) bond motifs is 1. The van der Waals surface area contributed by atoms with Crippen molar-refractivity contribution in [3.05, 3.63) is 86.7 Å². The van der Waals surface area contributed by atoms with E-state index in [9.17, 15) is 19.5 Å². The van der Waals surface area contributed by atoms with Crippen molar-refractivity contribution in [2.24, 2.45) is 4.99 Å². The van der Waals surface area contributed by atoms with E-state index in [2.05, 4.69) is 15.0 Å². The summed E-state index contributed by atoms with van der Waals surface area (Å²) in [6.45, 7) is 0. The number of nitrogens with zero attached hydrogens (tertiary/aromatic N) is 2. The number of carbonyl (C=O) groups is 1. The van der Waals surface area contributed by atoms with Crippen molar-refractivity contribution in [2.45, 2.75) is 12.5 Å². The van der Waals surface area contributed by atoms with Gasteiger partial charge in [-0.1, -0.05) is 30.3 Å². The van der Waals surface area contributed by atoms with E-state index in [-0.39, 0.29) is 17.7 Å². The highest BCUT2D eigenvalue weighted by Crippen LogP contribution is 2.25. The van der Waals surface area contributed by atoms with E-state index in [4.69, 9.17) is 9.47 Å². The van der Waals surface area contributed by atoms with E-state index in [0.29, 0.717) is 5.75 Å². The van der Waals surface area contributed by atoms with E-state index in [1.807, 2.05) is 24.3 Å². The van der Waals surface area contributed by atoms with Crippen LogP contribution in [0.25, 0.3) is 16.6 Å². The number of aromatic nitrogens is 3. The fraction of sp³-hybridized carbons (Fsp3) is 0.167. The fourth-order valence-corrected chi connectivity index (χ4v) is 3.70. The quantitative estimate of drug-likeness (QED) is 0.283. The molecular weight excluding hydrogens is 440 g/mol. The van der Waals surface area contributed by atoms with Gasteiger partial charge in [0.15, 0.2) is 6.04 Å². The minimum absolute atomic E-state index is 0.192. The molecule has 0 bridgehead atoms. The summed E-state index contributed by atoms with van der Waals surface area (Å²) in [5, 5.41) is 11.7. The molecule has 0 spiro atoms. The van der Waals surface area contributed by atoms with Gasteiger partial charge in [-0.15, -0.1) is 0 Å². The van der Waals surface area contributed by atoms with Crippen LogP contribution in [0.15, 0.2) is 69.3 Å². The number of carbonyl (C=O) groups excluding carboxylic acids is 1. The molecule has 4 rings (SSSR count). The van der Waals surface area contributed by atoms with Gasteiger partial charge in [0.25, 0.3) is 5.56 Å². The summed E-state index contributed by atoms with van der Waals surface area (Å²) in [4.78, 5) is 46.9. The van der Waals surface area contributed by atoms with Crippen LogP contribution in [-0.2, 0) is 16.0 Å². The Balaban J connectivity index is 1.75. The van der Waals surface area contributed by atoms with Gasteiger partial charge in [-0.2, -0.15) is 0 Å². The zero-order valence-electron chi connectivity index (χ0n) is 18.4. The summed E-state index contributed by atoms with van der Waals surface area (Å²) in [6, 6.07) is 13.1. The third-order valence-electron chi connectivity index (χ3n) is 5.39. The topological polar surface area (TPSA) is 139 Å². The molecule has 0 amide bonds. The zero-order chi connectivity index (χ0) is 24.2. The second-order valence-electron chi connectivity index (χ2n) is 7.38. The van der Waals surface area contributed by atoms with Crippen LogP contribution in [0.2, 0.25) is 0 Å². The van der Waals surface area contributed by atoms with Crippen LogP contribution in [0.1, 0.15) is 11.1 Å². The van der Waals surface area contributed by atoms with E-state index in [1.165, 1.54) is 14.2 Å². The smallest absolute Gasteiger partial charge is 0.335 e. The molecule has 4 aromatic rings. The molecule has 0 radical (unpaired) electrons. The number of hydrogen-bond donors (Lipinski definition) is 3. The second-order valence-corrected chi connectivity index (χ2v) is 7.38. The molecule has 34 heavy (non-hydrogen) atoms. The lowest BCUT2D eigenvalue weighted by Crippen LogP contribution is -2.32. The molecule has 0 aliphatic heterocycles. The van der Waals surface area contributed by atoms with Crippen LogP contribution in [0.5, 0.6) is 11.6 Å². The molecule has 1 atom stereocenters. The lowest BCUT2D eigenvalue weighted by molar-refractivity contribution is -0.142. The largest absolute Gasteiger partial charge is 0.495 e. The Bertz CT molecular complexity index is 1500. The van der Waals surface area contributed by atoms with Gasteiger partial charge in [0, 0.05) is 29.7 Å². The summed E-state index contributed by atoms with van der Waals surface area (Å²) >= 11 is 0. The minimum atomic E-state index is -0.991. The second kappa shape index (κ2) is 9.49. The summed E-state index contributed by atoms with van der Waals surface area (Å²) in [6.07, 6.45) is 3.04. The molecule has 0 aliphatic carbocycles. The number of hydrogen-bond acceptors (Lipinski definition) is 7. The van der Waals surface area contributed by atoms with E-state index in [0.717, 1.165) is 27.2 Å². The molecule has 0 fully saturated rings. The van der Waals surface area contributed by atoms with Gasteiger partial charge in [-0.3, -0.25) is 14.8 Å². The molecule has 0 unspecified atom stereocenters. The maximum Gasteiger partial charge on any atom is 0.335 e. The third kappa shape index (κ3) is 4.20. The first-order valence-corrected chi connectivity index (χ1v) is 10.3. The Kier molecular flexibility index (Phi) is 6.30. The highest BCUT2D eigenvalue weighted by Gasteiger charge is 2.22. The highest BCUT2D eigenvalue weighted by molar-refractivity contribution is 5.87. The first-order chi connectivity index (χ1) is 16.4. The lowest BCUT2D eigenvalue weighted by atomic mass is 10.1. The number of nitrogens with one attached hydrogen (secondary N) is 2. The van der Waals surface area contributed by atoms with E-state index >= 15 is 0 Å². The van der Waals surface area contributed by atoms with Crippen molar-refractivity contribution in [2.75, 3.05) is 14.2 Å². The number of benzene rings is 2. The van der Waals surface area contributed by atoms with Gasteiger partial charge in [0.2, 0.25) is 5.88 Å². The Morgan fingerprint density at radius 3 is 2.65 bits per heavy atom. The maximum absolute atomic E-state index is 12.5. The van der Waals surface area contributed by atoms with Crippen molar-refractivity contribution in [1.29, 1.82) is 0 Å². The Labute approximate surface area is 193 Å². The van der Waals surface area contributed by atoms with E-state index < -0.39 is 29.1 Å². The predicted molar refractivity (Wildman–Crippen MR) is 126 cm³/mol. The Morgan fingerprint density at radius 1 is 1.15 bits per heavy atom. The van der Waals surface area contributed by atoms with Crippen LogP contribution in [-0.4, -0.2) is 52.1 Å². The first kappa shape index (κ1) is 22.6. The number of methoxy groups -OCH3 is 2. The summed E-state index contributed by atoms with van der Waals surface area (Å²) in [5.74, 6) is -0.949. The molecule has 174 valence electrons. The van der Waals surface area contributed by atoms with Crippen LogP contribution in [0.3, 0.4) is 0 Å². The SMILES string of the molecule is COC(=O)[C@@H](Cc1c[nH]c2ccccc12)N=Cc1c(O)n(-c2ccccc2OC)c(=O)[nH]c1=O. The molecule has 3 N–H and O–H groups in total. The number of H-pyrrole nitrogens is 2. The van der Waals surface area contributed by atoms with Gasteiger partial charge in [-0.05, 0) is 23.8 Å². The van der Waals surface area contributed by atoms with Gasteiger partial charge in [0.1, 0.15) is 11.3 Å². The zero-order valence-corrected chi connectivity index (χ0v) is 18.4. The highest BCUT2D eigenvalue weighted by atomic mass is 16.5. The Hall–Kier alpha value is -4.60. The summed E-state index contributed by atoms with van der Waals surface area (Å²) in [5.41, 5.74) is -0.0380. The molecule has 2 heterocycles. The Morgan fingerprint density at radius 2 is 1.88 bits per heavy atom. The monoisotopic (exact) mass is 462 g/mol. The van der Waals surface area contributed by atoms with Crippen LogP contribution in [0.4, 0.5) is 0 Å². The molecule has 10 nitrogen and oxygen atoms in total. The van der Waals surface area contributed by atoms with Crippen molar-refractivity contribution >= 4 is 23.1 Å². The van der Waals surface area contributed by atoms with Crippen molar-refractivity contribution in [3.8, 4) is 17.3 Å². The lowest BCUT2D eigenvalue weighted by Gasteiger charge is -2.13. The molecule has 0 saturated carbocycles. The van der Waals surface area contributed by atoms with Gasteiger partial charge >= 0.3 is 11.7 Å². The molecule has 0 aliphatic rings. The number of aromatic amines is 2. The van der Waals surface area contributed by atoms with Gasteiger partial charge < -0.3 is 19.6 Å². The third-order valence-corrected chi connectivity index (χ3v) is 5.39. The summed E-state index contributed by atoms with van der Waals surface area (Å²) < 4.78 is 11.0. The molecular formula is C24H22N4O6. The molecule has 2 aromatic carbocycles. The van der Waals surface area contributed by atoms with Crippen molar-refractivity contribution in [3.63, 3.8) is 0 Å². The molecule has 10 heteroatoms. The van der Waals surface area contributed by atoms with Crippen LogP contribution in [0, 0.1) is 0 Å². The molecule has 0 saturated heterocycles. The molecule has 2 aromatic heterocycles. The van der Waals surface area contributed by atoms with Crippen LogP contribution < -0.4 is 16.0 Å². The summed E-state index contributed by atoms with van der Waals surface area (Å²) in [7, 11) is 2.66.